The third-order valence-electron chi connectivity index (χ3n) is 2.91. The van der Waals surface area contributed by atoms with E-state index in [4.69, 9.17) is 8.19 Å². The zero-order chi connectivity index (χ0) is 21.5. The molecule has 1 heterocycles. The third-order valence-corrected chi connectivity index (χ3v) is 5.89. The predicted octanol–water partition coefficient (Wildman–Crippen LogP) is 0.745. The number of nitrogens with zero attached hydrogens (tertiary/aromatic N) is 1. The first-order valence-electron chi connectivity index (χ1n) is 7.53. The number of hydrogen-bond acceptors (Lipinski definition) is 8. The molecule has 1 aromatic carbocycles. The van der Waals surface area contributed by atoms with Crippen molar-refractivity contribution in [2.75, 3.05) is 11.9 Å². The number of aromatic hydroxyl groups is 1. The fraction of sp³-hybridized carbons (Fsp3) is 0.200. The number of nitro groups is 1. The van der Waals surface area contributed by atoms with Gasteiger partial charge in [-0.25, -0.2) is 4.79 Å². The fourth-order valence-corrected chi connectivity index (χ4v) is 4.07. The van der Waals surface area contributed by atoms with Gasteiger partial charge in [0.15, 0.2) is 0 Å². The van der Waals surface area contributed by atoms with Crippen molar-refractivity contribution in [1.29, 1.82) is 0 Å². The topological polar surface area (TPSA) is 176 Å². The maximum absolute atomic E-state index is 11.1. The van der Waals surface area contributed by atoms with Crippen molar-refractivity contribution >= 4 is 52.4 Å². The number of benzene rings is 1. The van der Waals surface area contributed by atoms with Gasteiger partial charge in [-0.1, -0.05) is 11.3 Å². The molecule has 0 radical (unpaired) electrons. The van der Waals surface area contributed by atoms with Crippen LogP contribution in [0.2, 0.25) is 0 Å². The van der Waals surface area contributed by atoms with Crippen molar-refractivity contribution in [3.63, 3.8) is 0 Å². The van der Waals surface area contributed by atoms with Gasteiger partial charge in [-0.3, -0.25) is 10.1 Å². The van der Waals surface area contributed by atoms with Gasteiger partial charge in [0.05, 0.1) is 17.1 Å². The molecule has 0 atom stereocenters. The molecule has 13 heteroatoms. The van der Waals surface area contributed by atoms with Crippen molar-refractivity contribution in [2.45, 2.75) is 13.8 Å². The first-order chi connectivity index (χ1) is 13.0. The van der Waals surface area contributed by atoms with Crippen LogP contribution in [0.25, 0.3) is 0 Å². The summed E-state index contributed by atoms with van der Waals surface area (Å²) in [5.41, 5.74) is 0.0102. The molecule has 1 aromatic heterocycles. The van der Waals surface area contributed by atoms with Gasteiger partial charge >= 0.3 is 99.1 Å². The summed E-state index contributed by atoms with van der Waals surface area (Å²) in [6.45, 7) is 3.13. The molecule has 0 saturated heterocycles. The number of carbonyl (C=O) groups excluding carboxylic acids is 2. The van der Waals surface area contributed by atoms with Crippen LogP contribution in [0.1, 0.15) is 24.2 Å². The van der Waals surface area contributed by atoms with Crippen molar-refractivity contribution < 1.29 is 36.3 Å². The summed E-state index contributed by atoms with van der Waals surface area (Å²) in [5, 5.41) is 23.2. The van der Waals surface area contributed by atoms with Gasteiger partial charge in [0.25, 0.3) is 0 Å². The summed E-state index contributed by atoms with van der Waals surface area (Å²) >= 11 is -4.23. The van der Waals surface area contributed by atoms with E-state index < -0.39 is 31.0 Å². The number of phenols is 1. The average molecular weight is 476 g/mol. The van der Waals surface area contributed by atoms with E-state index in [1.54, 1.807) is 6.92 Å². The van der Waals surface area contributed by atoms with Crippen LogP contribution in [-0.4, -0.2) is 50.9 Å². The molecular formula is C15H17AsN2O9S. The van der Waals surface area contributed by atoms with Crippen LogP contribution < -0.4 is 9.67 Å². The molecule has 0 aliphatic carbocycles. The van der Waals surface area contributed by atoms with Gasteiger partial charge in [0.1, 0.15) is 0 Å². The van der Waals surface area contributed by atoms with Crippen molar-refractivity contribution in [1.82, 2.24) is 0 Å². The first kappa shape index (κ1) is 23.4. The Morgan fingerprint density at radius 3 is 2.46 bits per heavy atom. The van der Waals surface area contributed by atoms with E-state index >= 15 is 0 Å². The van der Waals surface area contributed by atoms with E-state index in [9.17, 15) is 28.5 Å². The number of carbonyl (C=O) groups is 2. The Labute approximate surface area is 165 Å². The molecule has 0 saturated carbocycles. The van der Waals surface area contributed by atoms with Gasteiger partial charge in [-0.2, -0.15) is 0 Å². The zero-order valence-corrected chi connectivity index (χ0v) is 17.4. The summed E-state index contributed by atoms with van der Waals surface area (Å²) in [6, 6.07) is 4.92. The van der Waals surface area contributed by atoms with Crippen molar-refractivity contribution in [3.05, 3.63) is 45.3 Å². The number of hydrogen-bond donors (Lipinski definition) is 4. The van der Waals surface area contributed by atoms with Crippen molar-refractivity contribution in [2.24, 2.45) is 0 Å². The Kier molecular flexibility index (Phi) is 8.38. The predicted molar refractivity (Wildman–Crippen MR) is 99.9 cm³/mol. The minimum Gasteiger partial charge on any atom is -0.462 e. The Balaban J connectivity index is 0.000000283. The number of amides is 1. The normalized spacial score (nSPS) is 10.4. The molecule has 0 aliphatic rings. The standard InChI is InChI=1S/C8H10AsNO5.C7H7NO4S/c1-5(11)10-8-6(9(13,14)15)3-2-4-7(8)12;1-2-12-7(9)5-3-6(8(10)11)13-4-5/h2-4,12H,1H3,(H,10,11)(H2,13,14,15);3-4H,2H2,1H3. The summed E-state index contributed by atoms with van der Waals surface area (Å²) in [5.74, 6) is -1.40. The second kappa shape index (κ2) is 10.0. The number of ether oxygens (including phenoxy) is 1. The number of anilines is 1. The van der Waals surface area contributed by atoms with Gasteiger partial charge in [0, 0.05) is 11.4 Å². The number of nitrogens with one attached hydrogen (secondary N) is 1. The first-order valence-corrected chi connectivity index (χ1v) is 11.8. The molecule has 1 amide bonds. The Bertz CT molecular complexity index is 922. The molecule has 152 valence electrons. The number of thiophene rings is 1. The van der Waals surface area contributed by atoms with E-state index in [-0.39, 0.29) is 33.0 Å². The van der Waals surface area contributed by atoms with E-state index in [0.717, 1.165) is 11.3 Å². The third kappa shape index (κ3) is 6.82. The zero-order valence-electron chi connectivity index (χ0n) is 14.7. The minimum absolute atomic E-state index is 0.0527. The smallest absolute Gasteiger partial charge is 0.339 e. The quantitative estimate of drug-likeness (QED) is 0.159. The van der Waals surface area contributed by atoms with Gasteiger partial charge in [0.2, 0.25) is 0 Å². The largest absolute Gasteiger partial charge is 0.462 e. The summed E-state index contributed by atoms with van der Waals surface area (Å²) in [7, 11) is 0. The van der Waals surface area contributed by atoms with Crippen LogP contribution in [0.5, 0.6) is 5.75 Å². The van der Waals surface area contributed by atoms with Crippen LogP contribution in [-0.2, 0) is 13.3 Å². The maximum Gasteiger partial charge on any atom is 0.339 e. The molecule has 4 N–H and O–H groups in total. The van der Waals surface area contributed by atoms with E-state index in [1.807, 2.05) is 0 Å². The molecule has 0 fully saturated rings. The number of para-hydroxylation sites is 1. The second-order valence-electron chi connectivity index (χ2n) is 5.05. The van der Waals surface area contributed by atoms with Gasteiger partial charge in [-0.05, 0) is 6.92 Å². The van der Waals surface area contributed by atoms with Crippen LogP contribution in [0.4, 0.5) is 10.7 Å². The van der Waals surface area contributed by atoms with Crippen molar-refractivity contribution in [3.8, 4) is 5.75 Å². The Hall–Kier alpha value is -2.66. The van der Waals surface area contributed by atoms with Crippen LogP contribution in [0, 0.1) is 10.1 Å². The molecule has 0 bridgehead atoms. The van der Waals surface area contributed by atoms with Gasteiger partial charge in [-0.15, -0.1) is 0 Å². The molecule has 0 spiro atoms. The Morgan fingerprint density at radius 1 is 1.36 bits per heavy atom. The monoisotopic (exact) mass is 476 g/mol. The minimum atomic E-state index is -5.14. The van der Waals surface area contributed by atoms with E-state index in [0.29, 0.717) is 0 Å². The molecular weight excluding hydrogens is 459 g/mol. The second-order valence-corrected chi connectivity index (χ2v) is 9.23. The van der Waals surface area contributed by atoms with Crippen LogP contribution in [0.3, 0.4) is 0 Å². The number of rotatable bonds is 5. The molecule has 2 aromatic rings. The summed E-state index contributed by atoms with van der Waals surface area (Å²) in [6.07, 6.45) is 0. The number of esters is 1. The molecule has 0 unspecified atom stereocenters. The summed E-state index contributed by atoms with van der Waals surface area (Å²) in [4.78, 5) is 31.5. The van der Waals surface area contributed by atoms with Crippen LogP contribution in [0.15, 0.2) is 29.6 Å². The Morgan fingerprint density at radius 2 is 2.00 bits per heavy atom. The molecule has 28 heavy (non-hydrogen) atoms. The van der Waals surface area contributed by atoms with Gasteiger partial charge < -0.3 is 4.74 Å². The molecule has 11 nitrogen and oxygen atoms in total. The number of phenolic OH excluding ortho intramolecular Hbond substituents is 1. The molecule has 2 rings (SSSR count). The SMILES string of the molecule is CC(=O)Nc1c(O)cccc1[As](=O)(O)O.CCOC(=O)c1csc([N+](=O)[O-])c1. The molecule has 0 aliphatic heterocycles. The maximum atomic E-state index is 11.1. The van der Waals surface area contributed by atoms with Crippen LogP contribution >= 0.6 is 11.3 Å². The van der Waals surface area contributed by atoms with E-state index in [2.05, 4.69) is 10.1 Å². The average Bonchev–Trinajstić information content (AvgIpc) is 3.06. The fourth-order valence-electron chi connectivity index (χ4n) is 1.82. The van der Waals surface area contributed by atoms with E-state index in [1.165, 1.54) is 36.6 Å². The summed E-state index contributed by atoms with van der Waals surface area (Å²) < 4.78 is 33.4.